The van der Waals surface area contributed by atoms with E-state index in [0.717, 1.165) is 25.7 Å². The van der Waals surface area contributed by atoms with Gasteiger partial charge in [-0.05, 0) is 55.9 Å². The summed E-state index contributed by atoms with van der Waals surface area (Å²) < 4.78 is 5.48. The first-order valence-electron chi connectivity index (χ1n) is 9.99. The third-order valence-electron chi connectivity index (χ3n) is 5.63. The van der Waals surface area contributed by atoms with E-state index < -0.39 is 18.0 Å². The summed E-state index contributed by atoms with van der Waals surface area (Å²) in [6.07, 6.45) is 3.32. The van der Waals surface area contributed by atoms with Gasteiger partial charge in [-0.2, -0.15) is 0 Å². The van der Waals surface area contributed by atoms with Crippen LogP contribution in [0.3, 0.4) is 0 Å². The number of amides is 2. The number of hydrogen-bond donors (Lipinski definition) is 1. The van der Waals surface area contributed by atoms with E-state index in [9.17, 15) is 14.4 Å². The van der Waals surface area contributed by atoms with Crippen molar-refractivity contribution >= 4 is 40.5 Å². The number of hydrogen-bond acceptors (Lipinski definition) is 5. The van der Waals surface area contributed by atoms with Crippen molar-refractivity contribution in [3.05, 3.63) is 45.6 Å². The smallest absolute Gasteiger partial charge is 0.349 e. The van der Waals surface area contributed by atoms with E-state index in [4.69, 9.17) is 4.74 Å². The van der Waals surface area contributed by atoms with Crippen LogP contribution >= 0.6 is 11.3 Å². The molecule has 1 aliphatic heterocycles. The standard InChI is InChI=1S/C22H24N2O4S/c1-3-14-8-9-18-15(10-14)11-19(29-18)22(27)28-13(2)21(26)24-12-20(25)23-16-6-4-5-7-17(16)24/h4-7,11,13-14H,3,8-10,12H2,1-2H3,(H,23,25)/t13-,14+/m0/s1. The lowest BCUT2D eigenvalue weighted by Gasteiger charge is -2.30. The molecule has 0 saturated heterocycles. The second-order valence-corrected chi connectivity index (χ2v) is 8.75. The van der Waals surface area contributed by atoms with Crippen LogP contribution in [-0.2, 0) is 27.2 Å². The molecule has 0 radical (unpaired) electrons. The van der Waals surface area contributed by atoms with Crippen molar-refractivity contribution in [3.8, 4) is 0 Å². The average Bonchev–Trinajstić information content (AvgIpc) is 3.15. The number of rotatable bonds is 4. The zero-order chi connectivity index (χ0) is 20.5. The predicted octanol–water partition coefficient (Wildman–Crippen LogP) is 3.79. The van der Waals surface area contributed by atoms with Crippen LogP contribution in [0.15, 0.2) is 30.3 Å². The molecule has 0 spiro atoms. The summed E-state index contributed by atoms with van der Waals surface area (Å²) in [6, 6.07) is 9.01. The summed E-state index contributed by atoms with van der Waals surface area (Å²) in [5, 5.41) is 2.75. The number of ether oxygens (including phenoxy) is 1. The molecule has 2 atom stereocenters. The fraction of sp³-hybridized carbons (Fsp3) is 0.409. The normalized spacial score (nSPS) is 19.0. The van der Waals surface area contributed by atoms with Crippen LogP contribution in [0.1, 0.15) is 46.8 Å². The van der Waals surface area contributed by atoms with Gasteiger partial charge < -0.3 is 10.1 Å². The second kappa shape index (κ2) is 7.99. The van der Waals surface area contributed by atoms with Crippen LogP contribution in [0.2, 0.25) is 0 Å². The maximum absolute atomic E-state index is 12.9. The zero-order valence-corrected chi connectivity index (χ0v) is 17.4. The van der Waals surface area contributed by atoms with E-state index >= 15 is 0 Å². The summed E-state index contributed by atoms with van der Waals surface area (Å²) in [5.74, 6) is -0.486. The van der Waals surface area contributed by atoms with Gasteiger partial charge in [0.1, 0.15) is 11.4 Å². The van der Waals surface area contributed by atoms with Crippen molar-refractivity contribution in [1.29, 1.82) is 0 Å². The van der Waals surface area contributed by atoms with Gasteiger partial charge in [-0.25, -0.2) is 4.79 Å². The summed E-state index contributed by atoms with van der Waals surface area (Å²) in [4.78, 5) is 40.7. The number of fused-ring (bicyclic) bond motifs is 2. The Morgan fingerprint density at radius 2 is 2.14 bits per heavy atom. The number of aryl methyl sites for hydroxylation is 1. The zero-order valence-electron chi connectivity index (χ0n) is 16.6. The molecule has 2 aromatic rings. The molecule has 2 amide bonds. The molecule has 1 aliphatic carbocycles. The fourth-order valence-electron chi connectivity index (χ4n) is 3.97. The van der Waals surface area contributed by atoms with E-state index in [1.165, 1.54) is 26.7 Å². The van der Waals surface area contributed by atoms with Crippen LogP contribution in [0.5, 0.6) is 0 Å². The van der Waals surface area contributed by atoms with Crippen LogP contribution in [0.25, 0.3) is 0 Å². The second-order valence-electron chi connectivity index (χ2n) is 7.61. The Morgan fingerprint density at radius 1 is 1.34 bits per heavy atom. The first kappa shape index (κ1) is 19.6. The van der Waals surface area contributed by atoms with Crippen molar-refractivity contribution in [2.75, 3.05) is 16.8 Å². The molecular formula is C22H24N2O4S. The van der Waals surface area contributed by atoms with Gasteiger partial charge in [-0.15, -0.1) is 11.3 Å². The maximum Gasteiger partial charge on any atom is 0.349 e. The van der Waals surface area contributed by atoms with E-state index in [1.54, 1.807) is 31.2 Å². The Morgan fingerprint density at radius 3 is 2.93 bits per heavy atom. The SMILES string of the molecule is CC[C@@H]1CCc2sc(C(=O)O[C@@H](C)C(=O)N3CC(=O)Nc4ccccc43)cc2C1. The number of carbonyl (C=O) groups is 3. The van der Waals surface area contributed by atoms with E-state index in [1.807, 2.05) is 6.07 Å². The third kappa shape index (κ3) is 3.92. The van der Waals surface area contributed by atoms with Gasteiger partial charge in [0.05, 0.1) is 11.4 Å². The van der Waals surface area contributed by atoms with Crippen LogP contribution in [0.4, 0.5) is 11.4 Å². The largest absolute Gasteiger partial charge is 0.448 e. The number of thiophene rings is 1. The van der Waals surface area contributed by atoms with Gasteiger partial charge in [-0.1, -0.05) is 25.5 Å². The van der Waals surface area contributed by atoms with Gasteiger partial charge in [0.2, 0.25) is 5.91 Å². The summed E-state index contributed by atoms with van der Waals surface area (Å²) in [5.41, 5.74) is 2.42. The molecule has 29 heavy (non-hydrogen) atoms. The fourth-order valence-corrected chi connectivity index (χ4v) is 5.06. The number of nitrogens with one attached hydrogen (secondary N) is 1. The van der Waals surface area contributed by atoms with Gasteiger partial charge >= 0.3 is 5.97 Å². The highest BCUT2D eigenvalue weighted by Gasteiger charge is 2.32. The van der Waals surface area contributed by atoms with Crippen LogP contribution in [0, 0.1) is 5.92 Å². The van der Waals surface area contributed by atoms with Crippen molar-refractivity contribution in [1.82, 2.24) is 0 Å². The molecule has 2 heterocycles. The Bertz CT molecular complexity index is 967. The van der Waals surface area contributed by atoms with Crippen molar-refractivity contribution < 1.29 is 19.1 Å². The lowest BCUT2D eigenvalue weighted by Crippen LogP contribution is -2.47. The minimum Gasteiger partial charge on any atom is -0.448 e. The van der Waals surface area contributed by atoms with E-state index in [2.05, 4.69) is 12.2 Å². The highest BCUT2D eigenvalue weighted by Crippen LogP contribution is 2.34. The van der Waals surface area contributed by atoms with Gasteiger partial charge in [0.15, 0.2) is 6.10 Å². The van der Waals surface area contributed by atoms with Crippen LogP contribution < -0.4 is 10.2 Å². The molecule has 0 bridgehead atoms. The molecule has 1 aromatic carbocycles. The molecule has 2 aliphatic rings. The van der Waals surface area contributed by atoms with Crippen LogP contribution in [-0.4, -0.2) is 30.4 Å². The molecule has 6 nitrogen and oxygen atoms in total. The highest BCUT2D eigenvalue weighted by atomic mass is 32.1. The quantitative estimate of drug-likeness (QED) is 0.775. The first-order chi connectivity index (χ1) is 14.0. The molecule has 1 aromatic heterocycles. The van der Waals surface area contributed by atoms with Crippen molar-refractivity contribution in [2.24, 2.45) is 5.92 Å². The maximum atomic E-state index is 12.9. The summed E-state index contributed by atoms with van der Waals surface area (Å²) >= 11 is 1.47. The monoisotopic (exact) mass is 412 g/mol. The number of para-hydroxylation sites is 2. The number of anilines is 2. The Hall–Kier alpha value is -2.67. The molecule has 0 fully saturated rings. The van der Waals surface area contributed by atoms with E-state index in [0.29, 0.717) is 22.2 Å². The number of esters is 1. The highest BCUT2D eigenvalue weighted by molar-refractivity contribution is 7.14. The Kier molecular flexibility index (Phi) is 5.41. The topological polar surface area (TPSA) is 75.7 Å². The van der Waals surface area contributed by atoms with Gasteiger partial charge in [0, 0.05) is 4.88 Å². The van der Waals surface area contributed by atoms with Gasteiger partial charge in [-0.3, -0.25) is 14.5 Å². The number of benzene rings is 1. The summed E-state index contributed by atoms with van der Waals surface area (Å²) in [6.45, 7) is 3.66. The Balaban J connectivity index is 1.46. The molecule has 4 rings (SSSR count). The molecule has 0 unspecified atom stereocenters. The lowest BCUT2D eigenvalue weighted by atomic mass is 9.87. The van der Waals surface area contributed by atoms with Gasteiger partial charge in [0.25, 0.3) is 5.91 Å². The molecule has 7 heteroatoms. The minimum absolute atomic E-state index is 0.0938. The summed E-state index contributed by atoms with van der Waals surface area (Å²) in [7, 11) is 0. The number of nitrogens with zero attached hydrogens (tertiary/aromatic N) is 1. The average molecular weight is 413 g/mol. The molecule has 1 N–H and O–H groups in total. The first-order valence-corrected chi connectivity index (χ1v) is 10.8. The third-order valence-corrected chi connectivity index (χ3v) is 6.85. The molecular weight excluding hydrogens is 388 g/mol. The van der Waals surface area contributed by atoms with E-state index in [-0.39, 0.29) is 12.5 Å². The number of carbonyl (C=O) groups excluding carboxylic acids is 3. The molecule has 0 saturated carbocycles. The lowest BCUT2D eigenvalue weighted by molar-refractivity contribution is -0.128. The minimum atomic E-state index is -0.982. The molecule has 152 valence electrons. The van der Waals surface area contributed by atoms with Crippen molar-refractivity contribution in [3.63, 3.8) is 0 Å². The predicted molar refractivity (Wildman–Crippen MR) is 112 cm³/mol. The van der Waals surface area contributed by atoms with Crippen molar-refractivity contribution in [2.45, 2.75) is 45.6 Å². The Labute approximate surface area is 173 Å².